The Labute approximate surface area is 104 Å². The lowest BCUT2D eigenvalue weighted by Gasteiger charge is -2.25. The second-order valence-electron chi connectivity index (χ2n) is 4.55. The van der Waals surface area contributed by atoms with E-state index in [4.69, 9.17) is 5.73 Å². The number of carbonyl (C=O) groups is 1. The minimum atomic E-state index is 0. The number of amides is 1. The lowest BCUT2D eigenvalue weighted by Crippen LogP contribution is -2.41. The molecule has 1 amide bonds. The molecule has 2 aliphatic rings. The van der Waals surface area contributed by atoms with Crippen LogP contribution in [0, 0.1) is 0 Å². The summed E-state index contributed by atoms with van der Waals surface area (Å²) in [4.78, 5) is 15.8. The molecular weight excluding hydrogens is 226 g/mol. The fraction of sp³-hybridized carbons (Fsp3) is 0.909. The molecule has 2 aliphatic heterocycles. The van der Waals surface area contributed by atoms with Crippen LogP contribution < -0.4 is 5.73 Å². The van der Waals surface area contributed by atoms with Crippen molar-refractivity contribution in [1.82, 2.24) is 9.80 Å². The monoisotopic (exact) mass is 247 g/mol. The van der Waals surface area contributed by atoms with Crippen molar-refractivity contribution >= 4 is 18.3 Å². The van der Waals surface area contributed by atoms with Crippen molar-refractivity contribution in [1.29, 1.82) is 0 Å². The summed E-state index contributed by atoms with van der Waals surface area (Å²) < 4.78 is 0. The Balaban J connectivity index is 0.00000128. The van der Waals surface area contributed by atoms with Gasteiger partial charge in [0.15, 0.2) is 0 Å². The lowest BCUT2D eigenvalue weighted by atomic mass is 10.2. The van der Waals surface area contributed by atoms with Gasteiger partial charge in [-0.1, -0.05) is 0 Å². The Kier molecular flexibility index (Phi) is 5.52. The zero-order chi connectivity index (χ0) is 10.7. The van der Waals surface area contributed by atoms with E-state index in [0.717, 1.165) is 45.6 Å². The van der Waals surface area contributed by atoms with Crippen molar-refractivity contribution in [3.05, 3.63) is 0 Å². The minimum absolute atomic E-state index is 0. The van der Waals surface area contributed by atoms with Gasteiger partial charge in [0.1, 0.15) is 0 Å². The molecule has 16 heavy (non-hydrogen) atoms. The summed E-state index contributed by atoms with van der Waals surface area (Å²) in [5, 5.41) is 0. The molecule has 2 N–H and O–H groups in total. The predicted octanol–water partition coefficient (Wildman–Crippen LogP) is 0.454. The van der Waals surface area contributed by atoms with E-state index in [1.54, 1.807) is 0 Å². The molecule has 1 unspecified atom stereocenters. The summed E-state index contributed by atoms with van der Waals surface area (Å²) in [7, 11) is 0. The first-order valence-electron chi connectivity index (χ1n) is 6.03. The summed E-state index contributed by atoms with van der Waals surface area (Å²) in [5.41, 5.74) is 5.71. The normalized spacial score (nSPS) is 26.2. The van der Waals surface area contributed by atoms with Crippen LogP contribution in [0.2, 0.25) is 0 Å². The maximum atomic E-state index is 11.4. The topological polar surface area (TPSA) is 49.6 Å². The predicted molar refractivity (Wildman–Crippen MR) is 66.7 cm³/mol. The van der Waals surface area contributed by atoms with E-state index in [1.807, 2.05) is 4.90 Å². The SMILES string of the molecule is Cl.NCC1CCCN1CCN1CCCC1=O. The van der Waals surface area contributed by atoms with E-state index in [2.05, 4.69) is 4.90 Å². The molecule has 4 nitrogen and oxygen atoms in total. The highest BCUT2D eigenvalue weighted by Crippen LogP contribution is 2.16. The van der Waals surface area contributed by atoms with E-state index in [0.29, 0.717) is 11.9 Å². The van der Waals surface area contributed by atoms with Gasteiger partial charge in [0.05, 0.1) is 0 Å². The second kappa shape index (κ2) is 6.42. The molecule has 0 aromatic heterocycles. The van der Waals surface area contributed by atoms with Crippen molar-refractivity contribution in [3.8, 4) is 0 Å². The summed E-state index contributed by atoms with van der Waals surface area (Å²) >= 11 is 0. The average Bonchev–Trinajstić information content (AvgIpc) is 2.83. The van der Waals surface area contributed by atoms with Gasteiger partial charge in [-0.25, -0.2) is 0 Å². The third-order valence-electron chi connectivity index (χ3n) is 3.60. The fourth-order valence-electron chi connectivity index (χ4n) is 2.65. The number of nitrogens with two attached hydrogens (primary N) is 1. The number of carbonyl (C=O) groups excluding carboxylic acids is 1. The second-order valence-corrected chi connectivity index (χ2v) is 4.55. The molecule has 2 rings (SSSR count). The van der Waals surface area contributed by atoms with Crippen LogP contribution in [0.4, 0.5) is 0 Å². The van der Waals surface area contributed by atoms with Crippen molar-refractivity contribution in [2.75, 3.05) is 32.7 Å². The molecular formula is C11H22ClN3O. The first-order chi connectivity index (χ1) is 7.31. The Morgan fingerprint density at radius 1 is 1.25 bits per heavy atom. The van der Waals surface area contributed by atoms with Crippen molar-refractivity contribution in [3.63, 3.8) is 0 Å². The number of hydrogen-bond acceptors (Lipinski definition) is 3. The molecule has 5 heteroatoms. The van der Waals surface area contributed by atoms with Gasteiger partial charge < -0.3 is 10.6 Å². The molecule has 0 saturated carbocycles. The van der Waals surface area contributed by atoms with Crippen LogP contribution in [0.15, 0.2) is 0 Å². The summed E-state index contributed by atoms with van der Waals surface area (Å²) in [6, 6.07) is 0.558. The standard InChI is InChI=1S/C11H21N3O.ClH/c12-9-10-3-1-5-13(10)7-8-14-6-2-4-11(14)15;/h10H,1-9,12H2;1H. The van der Waals surface area contributed by atoms with Gasteiger partial charge in [-0.05, 0) is 25.8 Å². The molecule has 2 fully saturated rings. The number of likely N-dealkylation sites (tertiary alicyclic amines) is 2. The number of halogens is 1. The van der Waals surface area contributed by atoms with Crippen molar-refractivity contribution in [2.24, 2.45) is 5.73 Å². The van der Waals surface area contributed by atoms with Gasteiger partial charge in [-0.3, -0.25) is 9.69 Å². The number of rotatable bonds is 4. The van der Waals surface area contributed by atoms with E-state index >= 15 is 0 Å². The maximum Gasteiger partial charge on any atom is 0.222 e. The largest absolute Gasteiger partial charge is 0.341 e. The average molecular weight is 248 g/mol. The maximum absolute atomic E-state index is 11.4. The molecule has 0 bridgehead atoms. The van der Waals surface area contributed by atoms with Crippen LogP contribution in [-0.4, -0.2) is 54.5 Å². The summed E-state index contributed by atoms with van der Waals surface area (Å²) in [6.45, 7) is 4.78. The quantitative estimate of drug-likeness (QED) is 0.785. The third kappa shape index (κ3) is 3.09. The molecule has 0 aromatic carbocycles. The van der Waals surface area contributed by atoms with Crippen LogP contribution in [0.1, 0.15) is 25.7 Å². The Bertz CT molecular complexity index is 237. The highest BCUT2D eigenvalue weighted by Gasteiger charge is 2.25. The van der Waals surface area contributed by atoms with Gasteiger partial charge in [-0.15, -0.1) is 12.4 Å². The van der Waals surface area contributed by atoms with E-state index in [1.165, 1.54) is 12.8 Å². The molecule has 0 radical (unpaired) electrons. The lowest BCUT2D eigenvalue weighted by molar-refractivity contribution is -0.127. The smallest absolute Gasteiger partial charge is 0.222 e. The van der Waals surface area contributed by atoms with Crippen LogP contribution in [0.5, 0.6) is 0 Å². The van der Waals surface area contributed by atoms with E-state index in [9.17, 15) is 4.79 Å². The van der Waals surface area contributed by atoms with Gasteiger partial charge in [0, 0.05) is 38.6 Å². The highest BCUT2D eigenvalue weighted by molar-refractivity contribution is 5.85. The van der Waals surface area contributed by atoms with Gasteiger partial charge in [-0.2, -0.15) is 0 Å². The first kappa shape index (κ1) is 13.7. The van der Waals surface area contributed by atoms with E-state index in [-0.39, 0.29) is 12.4 Å². The third-order valence-corrected chi connectivity index (χ3v) is 3.60. The zero-order valence-corrected chi connectivity index (χ0v) is 10.5. The van der Waals surface area contributed by atoms with Gasteiger partial charge in [0.25, 0.3) is 0 Å². The molecule has 0 spiro atoms. The van der Waals surface area contributed by atoms with Crippen LogP contribution in [0.25, 0.3) is 0 Å². The van der Waals surface area contributed by atoms with Crippen molar-refractivity contribution < 1.29 is 4.79 Å². The van der Waals surface area contributed by atoms with Crippen LogP contribution in [0.3, 0.4) is 0 Å². The van der Waals surface area contributed by atoms with Gasteiger partial charge in [0.2, 0.25) is 5.91 Å². The first-order valence-corrected chi connectivity index (χ1v) is 6.03. The van der Waals surface area contributed by atoms with Crippen molar-refractivity contribution in [2.45, 2.75) is 31.7 Å². The van der Waals surface area contributed by atoms with Crippen LogP contribution >= 0.6 is 12.4 Å². The minimum Gasteiger partial charge on any atom is -0.341 e. The molecule has 2 heterocycles. The highest BCUT2D eigenvalue weighted by atomic mass is 35.5. The molecule has 94 valence electrons. The van der Waals surface area contributed by atoms with E-state index < -0.39 is 0 Å². The summed E-state index contributed by atoms with van der Waals surface area (Å²) in [6.07, 6.45) is 4.28. The molecule has 0 aliphatic carbocycles. The molecule has 1 atom stereocenters. The number of hydrogen-bond donors (Lipinski definition) is 1. The molecule has 0 aromatic rings. The Morgan fingerprint density at radius 3 is 2.69 bits per heavy atom. The van der Waals surface area contributed by atoms with Gasteiger partial charge >= 0.3 is 0 Å². The molecule has 2 saturated heterocycles. The zero-order valence-electron chi connectivity index (χ0n) is 9.73. The summed E-state index contributed by atoms with van der Waals surface area (Å²) in [5.74, 6) is 0.332. The number of nitrogens with zero attached hydrogens (tertiary/aromatic N) is 2. The Morgan fingerprint density at radius 2 is 2.06 bits per heavy atom. The fourth-order valence-corrected chi connectivity index (χ4v) is 2.65. The van der Waals surface area contributed by atoms with Crippen LogP contribution in [-0.2, 0) is 4.79 Å². The Hall–Kier alpha value is -0.320.